The Hall–Kier alpha value is -2.37. The first-order chi connectivity index (χ1) is 12.6. The van der Waals surface area contributed by atoms with Crippen molar-refractivity contribution < 1.29 is 9.59 Å². The molecule has 4 rings (SSSR count). The van der Waals surface area contributed by atoms with Crippen LogP contribution >= 0.6 is 11.6 Å². The van der Waals surface area contributed by atoms with E-state index in [9.17, 15) is 9.59 Å². The van der Waals surface area contributed by atoms with Crippen LogP contribution in [0.15, 0.2) is 54.6 Å². The molecule has 2 aliphatic rings. The average Bonchev–Trinajstić information content (AvgIpc) is 2.97. The van der Waals surface area contributed by atoms with Crippen molar-refractivity contribution in [2.24, 2.45) is 0 Å². The van der Waals surface area contributed by atoms with Crippen molar-refractivity contribution in [1.82, 2.24) is 4.90 Å². The lowest BCUT2D eigenvalue weighted by atomic mass is 10.1. The van der Waals surface area contributed by atoms with Crippen LogP contribution in [0.25, 0.3) is 0 Å². The molecule has 0 spiro atoms. The number of carbonyl (C=O) groups excluding carboxylic acids is 2. The van der Waals surface area contributed by atoms with Crippen molar-refractivity contribution in [1.29, 1.82) is 0 Å². The van der Waals surface area contributed by atoms with Gasteiger partial charge in [-0.2, -0.15) is 0 Å². The number of amides is 2. The molecule has 2 saturated heterocycles. The fourth-order valence-corrected chi connectivity index (χ4v) is 3.94. The summed E-state index contributed by atoms with van der Waals surface area (Å²) in [4.78, 5) is 31.1. The summed E-state index contributed by atoms with van der Waals surface area (Å²) in [5.74, 6) is -0.352. The predicted molar refractivity (Wildman–Crippen MR) is 103 cm³/mol. The van der Waals surface area contributed by atoms with Crippen LogP contribution in [-0.2, 0) is 9.59 Å². The number of piperazine rings is 1. The van der Waals surface area contributed by atoms with Crippen molar-refractivity contribution >= 4 is 34.8 Å². The summed E-state index contributed by atoms with van der Waals surface area (Å²) in [7, 11) is 0. The summed E-state index contributed by atoms with van der Waals surface area (Å²) in [5, 5.41) is 0.420. The number of nitrogens with zero attached hydrogens (tertiary/aromatic N) is 3. The highest BCUT2D eigenvalue weighted by Gasteiger charge is 2.43. The van der Waals surface area contributed by atoms with Gasteiger partial charge in [0, 0.05) is 31.9 Å². The standard InChI is InChI=1S/C20H20ClN3O2/c21-16-8-4-5-9-17(16)24-19(25)14-18(20(24)26)23-12-10-22(11-13-23)15-6-2-1-3-7-15/h1-9,18H,10-14H2/t18-/m1/s1. The molecule has 0 saturated carbocycles. The second-order valence-corrected chi connectivity index (χ2v) is 7.00. The van der Waals surface area contributed by atoms with Gasteiger partial charge in [0.2, 0.25) is 5.91 Å². The monoisotopic (exact) mass is 369 g/mol. The van der Waals surface area contributed by atoms with Gasteiger partial charge in [0.05, 0.1) is 23.2 Å². The zero-order chi connectivity index (χ0) is 18.1. The first kappa shape index (κ1) is 17.1. The number of benzene rings is 2. The molecule has 0 radical (unpaired) electrons. The maximum absolute atomic E-state index is 12.9. The van der Waals surface area contributed by atoms with E-state index in [4.69, 9.17) is 11.6 Å². The smallest absolute Gasteiger partial charge is 0.251 e. The number of carbonyl (C=O) groups is 2. The zero-order valence-electron chi connectivity index (χ0n) is 14.3. The molecule has 2 aromatic rings. The first-order valence-electron chi connectivity index (χ1n) is 8.80. The second-order valence-electron chi connectivity index (χ2n) is 6.60. The van der Waals surface area contributed by atoms with Crippen molar-refractivity contribution in [3.05, 3.63) is 59.6 Å². The van der Waals surface area contributed by atoms with Gasteiger partial charge in [0.1, 0.15) is 0 Å². The molecular weight excluding hydrogens is 350 g/mol. The van der Waals surface area contributed by atoms with Gasteiger partial charge in [0.15, 0.2) is 0 Å². The highest BCUT2D eigenvalue weighted by Crippen LogP contribution is 2.31. The molecule has 5 nitrogen and oxygen atoms in total. The third-order valence-corrected chi connectivity index (χ3v) is 5.41. The predicted octanol–water partition coefficient (Wildman–Crippen LogP) is 2.79. The van der Waals surface area contributed by atoms with E-state index in [1.54, 1.807) is 24.3 Å². The third-order valence-electron chi connectivity index (χ3n) is 5.09. The van der Waals surface area contributed by atoms with Gasteiger partial charge in [-0.1, -0.05) is 41.9 Å². The molecular formula is C20H20ClN3O2. The highest BCUT2D eigenvalue weighted by atomic mass is 35.5. The fraction of sp³-hybridized carbons (Fsp3) is 0.300. The number of hydrogen-bond donors (Lipinski definition) is 0. The van der Waals surface area contributed by atoms with Crippen LogP contribution in [0.3, 0.4) is 0 Å². The van der Waals surface area contributed by atoms with Gasteiger partial charge in [-0.15, -0.1) is 0 Å². The third kappa shape index (κ3) is 3.08. The lowest BCUT2D eigenvalue weighted by molar-refractivity contribution is -0.123. The number of imide groups is 1. The summed E-state index contributed by atoms with van der Waals surface area (Å²) < 4.78 is 0. The zero-order valence-corrected chi connectivity index (χ0v) is 15.1. The lowest BCUT2D eigenvalue weighted by Gasteiger charge is -2.38. The normalized spacial score (nSPS) is 21.5. The van der Waals surface area contributed by atoms with E-state index in [-0.39, 0.29) is 18.2 Å². The number of anilines is 2. The fourth-order valence-electron chi connectivity index (χ4n) is 3.72. The summed E-state index contributed by atoms with van der Waals surface area (Å²) in [6.45, 7) is 3.20. The van der Waals surface area contributed by atoms with Gasteiger partial charge in [-0.25, -0.2) is 4.90 Å². The molecule has 6 heteroatoms. The minimum Gasteiger partial charge on any atom is -0.369 e. The van der Waals surface area contributed by atoms with Gasteiger partial charge >= 0.3 is 0 Å². The van der Waals surface area contributed by atoms with Crippen LogP contribution < -0.4 is 9.80 Å². The maximum Gasteiger partial charge on any atom is 0.251 e. The van der Waals surface area contributed by atoms with E-state index in [0.29, 0.717) is 10.7 Å². The molecule has 26 heavy (non-hydrogen) atoms. The molecule has 134 valence electrons. The molecule has 2 amide bonds. The Balaban J connectivity index is 1.46. The van der Waals surface area contributed by atoms with Gasteiger partial charge in [-0.3, -0.25) is 14.5 Å². The Labute approximate surface area is 157 Å². The van der Waals surface area contributed by atoms with Crippen molar-refractivity contribution in [3.8, 4) is 0 Å². The summed E-state index contributed by atoms with van der Waals surface area (Å²) in [6, 6.07) is 16.9. The molecule has 2 fully saturated rings. The highest BCUT2D eigenvalue weighted by molar-refractivity contribution is 6.36. The Morgan fingerprint density at radius 1 is 0.846 bits per heavy atom. The molecule has 1 atom stereocenters. The number of para-hydroxylation sites is 2. The van der Waals surface area contributed by atoms with Gasteiger partial charge in [0.25, 0.3) is 5.91 Å². The molecule has 0 unspecified atom stereocenters. The number of halogens is 1. The summed E-state index contributed by atoms with van der Waals surface area (Å²) in [5.41, 5.74) is 1.67. The van der Waals surface area contributed by atoms with E-state index in [1.165, 1.54) is 10.6 Å². The van der Waals surface area contributed by atoms with Crippen LogP contribution in [0, 0.1) is 0 Å². The minimum atomic E-state index is -0.392. The lowest BCUT2D eigenvalue weighted by Crippen LogP contribution is -2.52. The number of hydrogen-bond acceptors (Lipinski definition) is 4. The number of rotatable bonds is 3. The van der Waals surface area contributed by atoms with E-state index < -0.39 is 6.04 Å². The summed E-state index contributed by atoms with van der Waals surface area (Å²) in [6.07, 6.45) is 0.218. The first-order valence-corrected chi connectivity index (χ1v) is 9.18. The van der Waals surface area contributed by atoms with Gasteiger partial charge in [-0.05, 0) is 24.3 Å². The van der Waals surface area contributed by atoms with E-state index in [1.807, 2.05) is 18.2 Å². The van der Waals surface area contributed by atoms with Crippen LogP contribution in [0.2, 0.25) is 5.02 Å². The van der Waals surface area contributed by atoms with E-state index in [2.05, 4.69) is 21.9 Å². The minimum absolute atomic E-state index is 0.170. The Bertz CT molecular complexity index is 819. The SMILES string of the molecule is O=C1C[C@@H](N2CCN(c3ccccc3)CC2)C(=O)N1c1ccccc1Cl. The van der Waals surface area contributed by atoms with Crippen LogP contribution in [-0.4, -0.2) is 48.9 Å². The maximum atomic E-state index is 12.9. The van der Waals surface area contributed by atoms with E-state index in [0.717, 1.165) is 26.2 Å². The quantitative estimate of drug-likeness (QED) is 0.780. The average molecular weight is 370 g/mol. The topological polar surface area (TPSA) is 43.9 Å². The molecule has 0 bridgehead atoms. The summed E-state index contributed by atoms with van der Waals surface area (Å²) >= 11 is 6.19. The van der Waals surface area contributed by atoms with Crippen molar-refractivity contribution in [2.75, 3.05) is 36.0 Å². The molecule has 2 aliphatic heterocycles. The van der Waals surface area contributed by atoms with Gasteiger partial charge < -0.3 is 4.90 Å². The largest absolute Gasteiger partial charge is 0.369 e. The Morgan fingerprint density at radius 2 is 1.50 bits per heavy atom. The van der Waals surface area contributed by atoms with E-state index >= 15 is 0 Å². The molecule has 2 aromatic carbocycles. The Kier molecular flexibility index (Phi) is 4.66. The van der Waals surface area contributed by atoms with Crippen molar-refractivity contribution in [3.63, 3.8) is 0 Å². The molecule has 0 aromatic heterocycles. The van der Waals surface area contributed by atoms with Crippen LogP contribution in [0.5, 0.6) is 0 Å². The second kappa shape index (κ2) is 7.09. The Morgan fingerprint density at radius 3 is 2.19 bits per heavy atom. The molecule has 2 heterocycles. The van der Waals surface area contributed by atoms with Crippen LogP contribution in [0.1, 0.15) is 6.42 Å². The molecule has 0 N–H and O–H groups in total. The van der Waals surface area contributed by atoms with Crippen LogP contribution in [0.4, 0.5) is 11.4 Å². The molecule has 0 aliphatic carbocycles. The van der Waals surface area contributed by atoms with Crippen molar-refractivity contribution in [2.45, 2.75) is 12.5 Å².